The molecule has 0 radical (unpaired) electrons. The van der Waals surface area contributed by atoms with Gasteiger partial charge in [-0.05, 0) is 12.8 Å². The fourth-order valence-corrected chi connectivity index (χ4v) is 1.75. The zero-order chi connectivity index (χ0) is 8.48. The zero-order valence-corrected chi connectivity index (χ0v) is 7.51. The molecule has 66 valence electrons. The van der Waals surface area contributed by atoms with Crippen LogP contribution in [0.2, 0.25) is 0 Å². The van der Waals surface area contributed by atoms with E-state index in [1.54, 1.807) is 0 Å². The lowest BCUT2D eigenvalue weighted by molar-refractivity contribution is -0.868. The van der Waals surface area contributed by atoms with Crippen LogP contribution < -0.4 is 5.73 Å². The Bertz CT molecular complexity index is 120. The van der Waals surface area contributed by atoms with Crippen molar-refractivity contribution in [2.45, 2.75) is 37.8 Å². The summed E-state index contributed by atoms with van der Waals surface area (Å²) >= 11 is 0. The summed E-state index contributed by atoms with van der Waals surface area (Å²) in [6.07, 6.45) is 4.45. The second-order valence-corrected chi connectivity index (χ2v) is 4.11. The summed E-state index contributed by atoms with van der Waals surface area (Å²) in [5, 5.41) is 0. The van der Waals surface area contributed by atoms with Crippen LogP contribution in [0.3, 0.4) is 0 Å². The van der Waals surface area contributed by atoms with Crippen LogP contribution in [-0.4, -0.2) is 30.8 Å². The minimum atomic E-state index is 0.354. The van der Waals surface area contributed by atoms with E-state index >= 15 is 0 Å². The Morgan fingerprint density at radius 1 is 1.18 bits per heavy atom. The number of rotatable bonds is 1. The van der Waals surface area contributed by atoms with Crippen molar-refractivity contribution in [3.63, 3.8) is 0 Å². The van der Waals surface area contributed by atoms with Crippen molar-refractivity contribution in [1.82, 2.24) is 0 Å². The molecule has 1 aliphatic carbocycles. The van der Waals surface area contributed by atoms with Crippen LogP contribution in [0.5, 0.6) is 0 Å². The third-order valence-electron chi connectivity index (χ3n) is 2.65. The normalized spacial score (nSPS) is 33.8. The molecular formula is C8H19N3. The smallest absolute Gasteiger partial charge is 0.0798 e. The van der Waals surface area contributed by atoms with Gasteiger partial charge in [-0.1, -0.05) is 0 Å². The highest BCUT2D eigenvalue weighted by atomic mass is 15.6. The molecule has 3 nitrogen and oxygen atoms in total. The van der Waals surface area contributed by atoms with Crippen LogP contribution in [0, 0.1) is 0 Å². The van der Waals surface area contributed by atoms with Gasteiger partial charge in [-0.2, -0.15) is 0 Å². The van der Waals surface area contributed by atoms with E-state index in [1.165, 1.54) is 0 Å². The Morgan fingerprint density at radius 3 is 2.00 bits per heavy atom. The Morgan fingerprint density at radius 2 is 1.64 bits per heavy atom. The molecule has 0 aromatic carbocycles. The second-order valence-electron chi connectivity index (χ2n) is 4.11. The molecule has 0 atom stereocenters. The minimum absolute atomic E-state index is 0.354. The molecule has 1 saturated carbocycles. The highest BCUT2D eigenvalue weighted by Gasteiger charge is 2.25. The summed E-state index contributed by atoms with van der Waals surface area (Å²) in [6, 6.07) is 0.910. The van der Waals surface area contributed by atoms with Gasteiger partial charge < -0.3 is 16.2 Å². The number of nitrogens with two attached hydrogens (primary N) is 1. The molecule has 0 heterocycles. The molecule has 3 heteroatoms. The fourth-order valence-electron chi connectivity index (χ4n) is 1.75. The van der Waals surface area contributed by atoms with Crippen molar-refractivity contribution >= 4 is 0 Å². The monoisotopic (exact) mass is 157 g/mol. The van der Waals surface area contributed by atoms with Gasteiger partial charge in [0.25, 0.3) is 0 Å². The maximum Gasteiger partial charge on any atom is 0.0798 e. The van der Waals surface area contributed by atoms with E-state index in [1.807, 2.05) is 14.1 Å². The number of nitrogens with zero attached hydrogens (tertiary/aromatic N) is 1. The largest absolute Gasteiger partial charge is 0.468 e. The molecule has 11 heavy (non-hydrogen) atoms. The Balaban J connectivity index is 2.39. The predicted octanol–water partition coefficient (Wildman–Crippen LogP) is 1.30. The first-order valence-corrected chi connectivity index (χ1v) is 4.34. The van der Waals surface area contributed by atoms with Gasteiger partial charge in [0.2, 0.25) is 0 Å². The Kier molecular flexibility index (Phi) is 2.52. The van der Waals surface area contributed by atoms with E-state index in [0.29, 0.717) is 16.7 Å². The van der Waals surface area contributed by atoms with E-state index in [9.17, 15) is 0 Å². The van der Waals surface area contributed by atoms with Gasteiger partial charge in [-0.3, -0.25) is 0 Å². The summed E-state index contributed by atoms with van der Waals surface area (Å²) in [5.74, 6) is 7.79. The first-order chi connectivity index (χ1) is 5.00. The average Bonchev–Trinajstić information content (AvgIpc) is 1.86. The van der Waals surface area contributed by atoms with Crippen molar-refractivity contribution in [3.05, 3.63) is 5.84 Å². The van der Waals surface area contributed by atoms with Crippen molar-refractivity contribution in [1.29, 1.82) is 0 Å². The van der Waals surface area contributed by atoms with Crippen LogP contribution in [0.15, 0.2) is 0 Å². The van der Waals surface area contributed by atoms with Gasteiger partial charge in [-0.15, -0.1) is 0 Å². The molecule has 0 amide bonds. The van der Waals surface area contributed by atoms with E-state index in [-0.39, 0.29) is 0 Å². The summed E-state index contributed by atoms with van der Waals surface area (Å²) in [5.41, 5.74) is 5.77. The first kappa shape index (κ1) is 8.97. The first-order valence-electron chi connectivity index (χ1n) is 4.34. The fraction of sp³-hybridized carbons (Fsp3) is 1.00. The van der Waals surface area contributed by atoms with Gasteiger partial charge in [0.05, 0.1) is 20.1 Å². The van der Waals surface area contributed by atoms with Crippen molar-refractivity contribution in [2.75, 3.05) is 14.1 Å². The third kappa shape index (κ3) is 2.43. The molecular weight excluding hydrogens is 138 g/mol. The molecule has 0 bridgehead atoms. The van der Waals surface area contributed by atoms with Gasteiger partial charge >= 0.3 is 0 Å². The minimum Gasteiger partial charge on any atom is -0.468 e. The molecule has 3 N–H and O–H groups in total. The lowest BCUT2D eigenvalue weighted by Gasteiger charge is -2.44. The molecule has 0 aliphatic heterocycles. The molecule has 1 rings (SSSR count). The van der Waals surface area contributed by atoms with Gasteiger partial charge in [-0.25, -0.2) is 0 Å². The van der Waals surface area contributed by atoms with Crippen LogP contribution in [-0.2, 0) is 0 Å². The van der Waals surface area contributed by atoms with Gasteiger partial charge in [0.15, 0.2) is 0 Å². The van der Waals surface area contributed by atoms with Crippen LogP contribution in [0.1, 0.15) is 25.7 Å². The summed E-state index contributed by atoms with van der Waals surface area (Å²) < 4.78 is 0.354. The zero-order valence-electron chi connectivity index (χ0n) is 7.51. The third-order valence-corrected chi connectivity index (χ3v) is 2.65. The Labute approximate surface area is 68.9 Å². The standard InChI is InChI=1S/C8H19N3/c1-11(2,10)8-5-3-7(9)4-6-8/h7-8,10H,3-6,9H2,1-2H3. The molecule has 0 unspecified atom stereocenters. The summed E-state index contributed by atoms with van der Waals surface area (Å²) in [4.78, 5) is 0. The quantitative estimate of drug-likeness (QED) is 0.452. The lowest BCUT2D eigenvalue weighted by Crippen LogP contribution is -2.45. The van der Waals surface area contributed by atoms with E-state index in [0.717, 1.165) is 25.7 Å². The average molecular weight is 157 g/mol. The molecule has 1 fully saturated rings. The number of quaternary nitrogens is 1. The molecule has 0 saturated heterocycles. The van der Waals surface area contributed by atoms with E-state index in [2.05, 4.69) is 0 Å². The van der Waals surface area contributed by atoms with Crippen molar-refractivity contribution in [2.24, 2.45) is 5.73 Å². The maximum atomic E-state index is 7.79. The van der Waals surface area contributed by atoms with Crippen LogP contribution in [0.4, 0.5) is 0 Å². The second kappa shape index (κ2) is 3.09. The summed E-state index contributed by atoms with van der Waals surface area (Å²) in [6.45, 7) is 0. The SMILES string of the molecule is C[N+](C)([NH-])C1CCC(N)CC1. The van der Waals surface area contributed by atoms with Crippen LogP contribution >= 0.6 is 0 Å². The highest BCUT2D eigenvalue weighted by Crippen LogP contribution is 2.24. The highest BCUT2D eigenvalue weighted by molar-refractivity contribution is 4.74. The number of nitrogens with one attached hydrogen (secondary N) is 1. The van der Waals surface area contributed by atoms with Gasteiger partial charge in [0.1, 0.15) is 0 Å². The lowest BCUT2D eigenvalue weighted by atomic mass is 9.91. The molecule has 0 aromatic rings. The van der Waals surface area contributed by atoms with Gasteiger partial charge in [0, 0.05) is 18.9 Å². The summed E-state index contributed by atoms with van der Waals surface area (Å²) in [7, 11) is 3.89. The van der Waals surface area contributed by atoms with E-state index in [4.69, 9.17) is 11.6 Å². The van der Waals surface area contributed by atoms with E-state index < -0.39 is 0 Å². The number of hydrogen-bond donors (Lipinski definition) is 1. The Hall–Kier alpha value is -0.120. The number of hydrogen-bond acceptors (Lipinski definition) is 1. The molecule has 1 aliphatic rings. The topological polar surface area (TPSA) is 49.8 Å². The van der Waals surface area contributed by atoms with Crippen molar-refractivity contribution < 1.29 is 4.59 Å². The molecule has 0 spiro atoms. The molecule has 0 aromatic heterocycles. The maximum absolute atomic E-state index is 7.79. The predicted molar refractivity (Wildman–Crippen MR) is 46.7 cm³/mol. The van der Waals surface area contributed by atoms with Crippen molar-refractivity contribution in [3.8, 4) is 0 Å². The van der Waals surface area contributed by atoms with Crippen LogP contribution in [0.25, 0.3) is 5.84 Å².